The van der Waals surface area contributed by atoms with Gasteiger partial charge in [0.25, 0.3) is 0 Å². The first-order chi connectivity index (χ1) is 14.9. The minimum atomic E-state index is -3.16. The number of rotatable bonds is 6. The predicted octanol–water partition coefficient (Wildman–Crippen LogP) is 4.69. The van der Waals surface area contributed by atoms with E-state index in [0.29, 0.717) is 11.4 Å². The summed E-state index contributed by atoms with van der Waals surface area (Å²) in [5.74, 6) is -0.544. The average molecular weight is 454 g/mol. The molecule has 0 aliphatic carbocycles. The zero-order chi connectivity index (χ0) is 21.8. The second kappa shape index (κ2) is 9.25. The molecule has 0 radical (unpaired) electrons. The summed E-state index contributed by atoms with van der Waals surface area (Å²) in [5, 5.41) is 0.567. The molecule has 0 unspecified atom stereocenters. The Morgan fingerprint density at radius 2 is 1.45 bits per heavy atom. The third-order valence-corrected chi connectivity index (χ3v) is 7.86. The first-order valence-corrected chi connectivity index (χ1v) is 12.5. The number of hydrogen-bond acceptors (Lipinski definition) is 3. The first kappa shape index (κ1) is 21.6. The Hall–Kier alpha value is -2.63. The number of nitrogens with zero attached hydrogens (tertiary/aromatic N) is 1. The number of benzene rings is 3. The van der Waals surface area contributed by atoms with Crippen LogP contribution in [0.2, 0.25) is 5.02 Å². The van der Waals surface area contributed by atoms with Crippen molar-refractivity contribution in [1.29, 1.82) is 0 Å². The maximum Gasteiger partial charge on any atom is 0.235 e. The van der Waals surface area contributed by atoms with E-state index >= 15 is 0 Å². The zero-order valence-electron chi connectivity index (χ0n) is 17.0. The summed E-state index contributed by atoms with van der Waals surface area (Å²) in [6.07, 6.45) is 0.439. The van der Waals surface area contributed by atoms with Crippen LogP contribution in [0.3, 0.4) is 0 Å². The van der Waals surface area contributed by atoms with Gasteiger partial charge in [0.1, 0.15) is 0 Å². The van der Waals surface area contributed by atoms with Crippen LogP contribution in [0.25, 0.3) is 0 Å². The maximum absolute atomic E-state index is 14.0. The summed E-state index contributed by atoms with van der Waals surface area (Å²) in [5.41, 5.74) is 2.56. The van der Waals surface area contributed by atoms with Gasteiger partial charge in [0, 0.05) is 17.6 Å². The summed E-state index contributed by atoms with van der Waals surface area (Å²) in [4.78, 5) is 15.8. The fourth-order valence-electron chi connectivity index (χ4n) is 4.15. The van der Waals surface area contributed by atoms with Gasteiger partial charge in [0.2, 0.25) is 5.91 Å². The van der Waals surface area contributed by atoms with E-state index in [4.69, 9.17) is 11.6 Å². The standard InChI is InChI=1S/C25H24ClNO3S/c26-23-14-8-7-13-21(23)17-27(22-15-16-31(29,30)18-22)25(28)24(19-9-3-1-4-10-19)20-11-5-2-6-12-20/h1-14,22,24H,15-18H2/t22-/m0/s1. The summed E-state index contributed by atoms with van der Waals surface area (Å²) in [6, 6.07) is 26.3. The van der Waals surface area contributed by atoms with Crippen molar-refractivity contribution >= 4 is 27.3 Å². The fraction of sp³-hybridized carbons (Fsp3) is 0.240. The number of carbonyl (C=O) groups is 1. The third kappa shape index (κ3) is 5.00. The highest BCUT2D eigenvalue weighted by Crippen LogP contribution is 2.31. The maximum atomic E-state index is 14.0. The molecule has 31 heavy (non-hydrogen) atoms. The molecule has 1 aliphatic heterocycles. The van der Waals surface area contributed by atoms with Crippen LogP contribution in [0.4, 0.5) is 0 Å². The van der Waals surface area contributed by atoms with Crippen molar-refractivity contribution in [3.05, 3.63) is 107 Å². The van der Waals surface area contributed by atoms with Crippen molar-refractivity contribution in [1.82, 2.24) is 4.90 Å². The first-order valence-electron chi connectivity index (χ1n) is 10.3. The SMILES string of the molecule is O=C(C(c1ccccc1)c1ccccc1)N(Cc1ccccc1Cl)[C@H]1CCS(=O)(=O)C1. The minimum Gasteiger partial charge on any atom is -0.333 e. The second-order valence-corrected chi connectivity index (χ2v) is 10.5. The molecule has 0 saturated carbocycles. The Morgan fingerprint density at radius 1 is 0.903 bits per heavy atom. The van der Waals surface area contributed by atoms with E-state index in [0.717, 1.165) is 16.7 Å². The summed E-state index contributed by atoms with van der Waals surface area (Å²) < 4.78 is 24.5. The Bertz CT molecular complexity index is 1110. The van der Waals surface area contributed by atoms with Gasteiger partial charge in [-0.1, -0.05) is 90.5 Å². The van der Waals surface area contributed by atoms with Crippen LogP contribution in [-0.2, 0) is 21.2 Å². The molecule has 0 spiro atoms. The van der Waals surface area contributed by atoms with Crippen LogP contribution < -0.4 is 0 Å². The van der Waals surface area contributed by atoms with Gasteiger partial charge in [-0.05, 0) is 29.2 Å². The molecule has 4 nitrogen and oxygen atoms in total. The van der Waals surface area contributed by atoms with Gasteiger partial charge in [0.15, 0.2) is 9.84 Å². The van der Waals surface area contributed by atoms with Gasteiger partial charge >= 0.3 is 0 Å². The van der Waals surface area contributed by atoms with Gasteiger partial charge in [-0.3, -0.25) is 4.79 Å². The van der Waals surface area contributed by atoms with Crippen molar-refractivity contribution in [3.8, 4) is 0 Å². The van der Waals surface area contributed by atoms with Crippen LogP contribution >= 0.6 is 11.6 Å². The monoisotopic (exact) mass is 453 g/mol. The molecule has 3 aromatic rings. The van der Waals surface area contributed by atoms with E-state index in [1.807, 2.05) is 78.9 Å². The van der Waals surface area contributed by atoms with Crippen LogP contribution in [0.15, 0.2) is 84.9 Å². The Balaban J connectivity index is 1.76. The van der Waals surface area contributed by atoms with E-state index in [2.05, 4.69) is 0 Å². The molecule has 1 aliphatic rings. The van der Waals surface area contributed by atoms with E-state index < -0.39 is 15.8 Å². The van der Waals surface area contributed by atoms with Crippen molar-refractivity contribution in [2.24, 2.45) is 0 Å². The van der Waals surface area contributed by atoms with Crippen molar-refractivity contribution in [3.63, 3.8) is 0 Å². The highest BCUT2D eigenvalue weighted by Gasteiger charge is 2.38. The molecule has 4 rings (SSSR count). The molecular weight excluding hydrogens is 430 g/mol. The van der Waals surface area contributed by atoms with E-state index in [-0.39, 0.29) is 30.0 Å². The van der Waals surface area contributed by atoms with Gasteiger partial charge in [-0.2, -0.15) is 0 Å². The number of sulfone groups is 1. The summed E-state index contributed by atoms with van der Waals surface area (Å²) in [6.45, 7) is 0.273. The van der Waals surface area contributed by atoms with E-state index in [1.165, 1.54) is 0 Å². The fourth-order valence-corrected chi connectivity index (χ4v) is 6.08. The zero-order valence-corrected chi connectivity index (χ0v) is 18.6. The third-order valence-electron chi connectivity index (χ3n) is 5.74. The molecule has 1 fully saturated rings. The van der Waals surface area contributed by atoms with Gasteiger partial charge in [-0.15, -0.1) is 0 Å². The molecule has 6 heteroatoms. The Labute approximate surface area is 188 Å². The van der Waals surface area contributed by atoms with Crippen molar-refractivity contribution < 1.29 is 13.2 Å². The van der Waals surface area contributed by atoms with Crippen LogP contribution in [-0.4, -0.2) is 36.8 Å². The molecule has 1 atom stereocenters. The van der Waals surface area contributed by atoms with Gasteiger partial charge < -0.3 is 4.90 Å². The predicted molar refractivity (Wildman–Crippen MR) is 124 cm³/mol. The average Bonchev–Trinajstić information content (AvgIpc) is 3.14. The molecular formula is C25H24ClNO3S. The van der Waals surface area contributed by atoms with Gasteiger partial charge in [0.05, 0.1) is 17.4 Å². The van der Waals surface area contributed by atoms with Crippen LogP contribution in [0.5, 0.6) is 0 Å². The number of amides is 1. The Kier molecular flexibility index (Phi) is 6.44. The molecule has 3 aromatic carbocycles. The molecule has 1 saturated heterocycles. The normalized spacial score (nSPS) is 17.5. The largest absolute Gasteiger partial charge is 0.333 e. The summed E-state index contributed by atoms with van der Waals surface area (Å²) >= 11 is 6.39. The lowest BCUT2D eigenvalue weighted by atomic mass is 9.89. The van der Waals surface area contributed by atoms with Crippen LogP contribution in [0.1, 0.15) is 29.0 Å². The van der Waals surface area contributed by atoms with Crippen molar-refractivity contribution in [2.45, 2.75) is 24.9 Å². The second-order valence-electron chi connectivity index (χ2n) is 7.87. The number of hydrogen-bond donors (Lipinski definition) is 0. The van der Waals surface area contributed by atoms with Crippen LogP contribution in [0, 0.1) is 0 Å². The lowest BCUT2D eigenvalue weighted by Gasteiger charge is -2.32. The van der Waals surface area contributed by atoms with Gasteiger partial charge in [-0.25, -0.2) is 8.42 Å². The molecule has 0 aromatic heterocycles. The topological polar surface area (TPSA) is 54.5 Å². The smallest absolute Gasteiger partial charge is 0.235 e. The quantitative estimate of drug-likeness (QED) is 0.544. The Morgan fingerprint density at radius 3 is 1.97 bits per heavy atom. The lowest BCUT2D eigenvalue weighted by molar-refractivity contribution is -0.134. The number of carbonyl (C=O) groups excluding carboxylic acids is 1. The molecule has 0 N–H and O–H groups in total. The highest BCUT2D eigenvalue weighted by molar-refractivity contribution is 7.91. The number of halogens is 1. The molecule has 0 bridgehead atoms. The summed E-state index contributed by atoms with van der Waals surface area (Å²) in [7, 11) is -3.16. The molecule has 160 valence electrons. The molecule has 1 amide bonds. The van der Waals surface area contributed by atoms with E-state index in [1.54, 1.807) is 11.0 Å². The van der Waals surface area contributed by atoms with E-state index in [9.17, 15) is 13.2 Å². The highest BCUT2D eigenvalue weighted by atomic mass is 35.5. The lowest BCUT2D eigenvalue weighted by Crippen LogP contribution is -2.43. The van der Waals surface area contributed by atoms with Crippen molar-refractivity contribution in [2.75, 3.05) is 11.5 Å². The molecule has 1 heterocycles. The minimum absolute atomic E-state index is 0.0144.